The van der Waals surface area contributed by atoms with E-state index in [4.69, 9.17) is 21.1 Å². The first-order valence-electron chi connectivity index (χ1n) is 9.89. The number of nitrogens with zero attached hydrogens (tertiary/aromatic N) is 2. The van der Waals surface area contributed by atoms with Gasteiger partial charge in [-0.2, -0.15) is 0 Å². The van der Waals surface area contributed by atoms with E-state index in [0.717, 1.165) is 36.3 Å². The van der Waals surface area contributed by atoms with Gasteiger partial charge in [0.25, 0.3) is 5.91 Å². The molecule has 31 heavy (non-hydrogen) atoms. The van der Waals surface area contributed by atoms with Crippen LogP contribution in [-0.2, 0) is 11.3 Å². The lowest BCUT2D eigenvalue weighted by atomic mass is 10.2. The highest BCUT2D eigenvalue weighted by Gasteiger charge is 2.21. The molecule has 0 bridgehead atoms. The number of nitrogens with one attached hydrogen (secondary N) is 2. The molecule has 5 rings (SSSR count). The predicted octanol–water partition coefficient (Wildman–Crippen LogP) is 5.36. The monoisotopic (exact) mass is 454 g/mol. The normalized spacial score (nSPS) is 16.0. The number of H-pyrrole nitrogens is 1. The van der Waals surface area contributed by atoms with Gasteiger partial charge in [0.1, 0.15) is 35.0 Å². The van der Waals surface area contributed by atoms with Crippen LogP contribution >= 0.6 is 22.9 Å². The van der Waals surface area contributed by atoms with Gasteiger partial charge >= 0.3 is 0 Å². The number of carbonyl (C=O) groups is 1. The maximum atomic E-state index is 12.6. The van der Waals surface area contributed by atoms with Crippen molar-refractivity contribution in [2.75, 3.05) is 11.9 Å². The second-order valence-electron chi connectivity index (χ2n) is 7.18. The smallest absolute Gasteiger partial charge is 0.275 e. The minimum absolute atomic E-state index is 0.0222. The number of hydrogen-bond acceptors (Lipinski definition) is 6. The van der Waals surface area contributed by atoms with E-state index in [1.54, 1.807) is 29.6 Å². The predicted molar refractivity (Wildman–Crippen MR) is 120 cm³/mol. The van der Waals surface area contributed by atoms with Crippen molar-refractivity contribution in [3.63, 3.8) is 0 Å². The van der Waals surface area contributed by atoms with Crippen LogP contribution in [0.5, 0.6) is 5.75 Å². The molecule has 1 atom stereocenters. The topological polar surface area (TPSA) is 89.1 Å². The van der Waals surface area contributed by atoms with Gasteiger partial charge < -0.3 is 19.8 Å². The summed E-state index contributed by atoms with van der Waals surface area (Å²) in [5, 5.41) is 5.98. The molecule has 3 heterocycles. The Morgan fingerprint density at radius 3 is 2.94 bits per heavy atom. The van der Waals surface area contributed by atoms with Crippen LogP contribution in [0.15, 0.2) is 47.8 Å². The number of halogens is 1. The van der Waals surface area contributed by atoms with Crippen LogP contribution in [0.2, 0.25) is 5.02 Å². The number of thiazole rings is 1. The van der Waals surface area contributed by atoms with Gasteiger partial charge in [-0.05, 0) is 55.3 Å². The second-order valence-corrected chi connectivity index (χ2v) is 8.56. The number of hydrogen-bond donors (Lipinski definition) is 2. The van der Waals surface area contributed by atoms with Crippen molar-refractivity contribution in [2.45, 2.75) is 25.6 Å². The fraction of sp³-hybridized carbons (Fsp3) is 0.227. The number of benzene rings is 2. The molecule has 1 fully saturated rings. The van der Waals surface area contributed by atoms with Gasteiger partial charge in [0, 0.05) is 22.7 Å². The molecule has 158 valence electrons. The van der Waals surface area contributed by atoms with Crippen LogP contribution in [-0.4, -0.2) is 27.5 Å². The Balaban J connectivity index is 1.23. The second kappa shape index (κ2) is 8.66. The molecule has 1 aliphatic rings. The lowest BCUT2D eigenvalue weighted by molar-refractivity contribution is 0.102. The minimum Gasteiger partial charge on any atom is -0.486 e. The van der Waals surface area contributed by atoms with Crippen LogP contribution in [0.4, 0.5) is 5.69 Å². The molecule has 4 aromatic rings. The summed E-state index contributed by atoms with van der Waals surface area (Å²) in [5.74, 6) is 1.26. The Morgan fingerprint density at radius 2 is 2.13 bits per heavy atom. The van der Waals surface area contributed by atoms with Crippen LogP contribution in [0.1, 0.15) is 40.3 Å². The SMILES string of the molecule is O=C(Nc1ccc2nc(C3CCCO3)[nH]c2c1)c1csc(COc2ccc(Cl)cc2)n1. The third kappa shape index (κ3) is 4.56. The van der Waals surface area contributed by atoms with Crippen molar-refractivity contribution in [1.82, 2.24) is 15.0 Å². The highest BCUT2D eigenvalue weighted by Crippen LogP contribution is 2.29. The van der Waals surface area contributed by atoms with Gasteiger partial charge in [0.2, 0.25) is 0 Å². The standard InChI is InChI=1S/C22H19ClN4O3S/c23-13-3-6-15(7-4-13)30-11-20-25-18(12-31-20)22(28)24-14-5-8-16-17(10-14)27-21(26-16)19-2-1-9-29-19/h3-8,10,12,19H,1-2,9,11H2,(H,24,28)(H,26,27). The highest BCUT2D eigenvalue weighted by atomic mass is 35.5. The zero-order chi connectivity index (χ0) is 21.2. The summed E-state index contributed by atoms with van der Waals surface area (Å²) in [6.45, 7) is 1.05. The molecular formula is C22H19ClN4O3S. The largest absolute Gasteiger partial charge is 0.486 e. The van der Waals surface area contributed by atoms with Gasteiger partial charge in [-0.3, -0.25) is 4.79 Å². The molecule has 7 nitrogen and oxygen atoms in total. The molecule has 0 aliphatic carbocycles. The fourth-order valence-electron chi connectivity index (χ4n) is 3.41. The minimum atomic E-state index is -0.271. The average Bonchev–Trinajstić information content (AvgIpc) is 3.53. The summed E-state index contributed by atoms with van der Waals surface area (Å²) >= 11 is 7.25. The Morgan fingerprint density at radius 1 is 1.26 bits per heavy atom. The summed E-state index contributed by atoms with van der Waals surface area (Å²) in [6.07, 6.45) is 2.04. The lowest BCUT2D eigenvalue weighted by Crippen LogP contribution is -2.12. The average molecular weight is 455 g/mol. The summed E-state index contributed by atoms with van der Waals surface area (Å²) in [4.78, 5) is 24.9. The van der Waals surface area contributed by atoms with Crippen LogP contribution < -0.4 is 10.1 Å². The van der Waals surface area contributed by atoms with E-state index < -0.39 is 0 Å². The van der Waals surface area contributed by atoms with Crippen molar-refractivity contribution in [3.05, 3.63) is 69.4 Å². The zero-order valence-corrected chi connectivity index (χ0v) is 18.0. The summed E-state index contributed by atoms with van der Waals surface area (Å²) in [6, 6.07) is 12.7. The molecule has 2 aromatic heterocycles. The number of anilines is 1. The first-order valence-corrected chi connectivity index (χ1v) is 11.2. The summed E-state index contributed by atoms with van der Waals surface area (Å²) < 4.78 is 11.4. The Bertz CT molecular complexity index is 1220. The molecule has 1 unspecified atom stereocenters. The van der Waals surface area contributed by atoms with E-state index in [1.165, 1.54) is 11.3 Å². The van der Waals surface area contributed by atoms with Crippen molar-refractivity contribution >= 4 is 45.6 Å². The van der Waals surface area contributed by atoms with Gasteiger partial charge in [0.15, 0.2) is 0 Å². The van der Waals surface area contributed by atoms with Crippen molar-refractivity contribution in [2.24, 2.45) is 0 Å². The summed E-state index contributed by atoms with van der Waals surface area (Å²) in [7, 11) is 0. The fourth-order valence-corrected chi connectivity index (χ4v) is 4.22. The number of aromatic nitrogens is 3. The molecule has 1 saturated heterocycles. The Hall–Kier alpha value is -2.94. The van der Waals surface area contributed by atoms with Gasteiger partial charge in [-0.1, -0.05) is 11.6 Å². The highest BCUT2D eigenvalue weighted by molar-refractivity contribution is 7.09. The van der Waals surface area contributed by atoms with Crippen molar-refractivity contribution in [1.29, 1.82) is 0 Å². The van der Waals surface area contributed by atoms with Crippen molar-refractivity contribution < 1.29 is 14.3 Å². The number of amides is 1. The maximum absolute atomic E-state index is 12.6. The molecule has 1 amide bonds. The Labute approximate surface area is 187 Å². The number of carbonyl (C=O) groups excluding carboxylic acids is 1. The molecule has 9 heteroatoms. The maximum Gasteiger partial charge on any atom is 0.275 e. The first-order chi connectivity index (χ1) is 15.1. The Kier molecular flexibility index (Phi) is 5.59. The van der Waals surface area contributed by atoms with E-state index in [1.807, 2.05) is 18.2 Å². The molecule has 1 aliphatic heterocycles. The first kappa shape index (κ1) is 20.0. The lowest BCUT2D eigenvalue weighted by Gasteiger charge is -2.04. The van der Waals surface area contributed by atoms with E-state index in [-0.39, 0.29) is 18.6 Å². The molecule has 0 radical (unpaired) electrons. The number of aromatic amines is 1. The number of fused-ring (bicyclic) bond motifs is 1. The van der Waals surface area contributed by atoms with Gasteiger partial charge in [-0.25, -0.2) is 9.97 Å². The number of ether oxygens (including phenoxy) is 2. The van der Waals surface area contributed by atoms with E-state index in [9.17, 15) is 4.79 Å². The van der Waals surface area contributed by atoms with E-state index in [0.29, 0.717) is 27.2 Å². The number of imidazole rings is 1. The number of rotatable bonds is 6. The quantitative estimate of drug-likeness (QED) is 0.409. The van der Waals surface area contributed by atoms with Crippen LogP contribution in [0.3, 0.4) is 0 Å². The zero-order valence-electron chi connectivity index (χ0n) is 16.4. The molecule has 0 saturated carbocycles. The van der Waals surface area contributed by atoms with Gasteiger partial charge in [-0.15, -0.1) is 11.3 Å². The summed E-state index contributed by atoms with van der Waals surface area (Å²) in [5.41, 5.74) is 2.73. The van der Waals surface area contributed by atoms with E-state index in [2.05, 4.69) is 20.3 Å². The van der Waals surface area contributed by atoms with Gasteiger partial charge in [0.05, 0.1) is 11.0 Å². The third-order valence-electron chi connectivity index (χ3n) is 4.95. The third-order valence-corrected chi connectivity index (χ3v) is 6.03. The van der Waals surface area contributed by atoms with Crippen LogP contribution in [0, 0.1) is 0 Å². The molecule has 0 spiro atoms. The molecular weight excluding hydrogens is 436 g/mol. The van der Waals surface area contributed by atoms with E-state index >= 15 is 0 Å². The molecule has 2 aromatic carbocycles. The van der Waals surface area contributed by atoms with Crippen molar-refractivity contribution in [3.8, 4) is 5.75 Å². The molecule has 2 N–H and O–H groups in total. The van der Waals surface area contributed by atoms with Crippen LogP contribution in [0.25, 0.3) is 11.0 Å².